The van der Waals surface area contributed by atoms with Crippen molar-refractivity contribution in [1.82, 2.24) is 14.9 Å². The van der Waals surface area contributed by atoms with Crippen molar-refractivity contribution in [3.8, 4) is 0 Å². The Balaban J connectivity index is 1.79. The van der Waals surface area contributed by atoms with Crippen LogP contribution in [-0.4, -0.2) is 28.5 Å². The first-order valence-corrected chi connectivity index (χ1v) is 9.90. The number of aryl methyl sites for hydroxylation is 1. The van der Waals surface area contributed by atoms with Gasteiger partial charge in [-0.2, -0.15) is 0 Å². The number of nitrogens with zero attached hydrogens (tertiary/aromatic N) is 2. The molecule has 0 aliphatic carbocycles. The van der Waals surface area contributed by atoms with Gasteiger partial charge in [-0.3, -0.25) is 4.79 Å². The van der Waals surface area contributed by atoms with Crippen LogP contribution in [0.25, 0.3) is 10.9 Å². The largest absolute Gasteiger partial charge is 0.464 e. The molecule has 0 aliphatic rings. The molecular weight excluding hydrogens is 386 g/mol. The van der Waals surface area contributed by atoms with Crippen molar-refractivity contribution in [3.05, 3.63) is 88.0 Å². The predicted molar refractivity (Wildman–Crippen MR) is 112 cm³/mol. The summed E-state index contributed by atoms with van der Waals surface area (Å²) in [5.74, 6) is -0.711. The number of para-hydroxylation sites is 1. The van der Waals surface area contributed by atoms with E-state index in [0.717, 1.165) is 16.5 Å². The lowest BCUT2D eigenvalue weighted by Crippen LogP contribution is -2.29. The molecule has 0 aliphatic heterocycles. The Bertz CT molecular complexity index is 1180. The summed E-state index contributed by atoms with van der Waals surface area (Å²) in [4.78, 5) is 29.2. The molecule has 0 spiro atoms. The first-order chi connectivity index (χ1) is 14.1. The maximum absolute atomic E-state index is 12.9. The van der Waals surface area contributed by atoms with Crippen LogP contribution >= 0.6 is 11.3 Å². The number of aromatic nitrogens is 2. The van der Waals surface area contributed by atoms with Crippen LogP contribution < -0.4 is 5.32 Å². The zero-order valence-corrected chi connectivity index (χ0v) is 16.8. The molecular formula is C22H19N3O3S. The standard InChI is InChI=1S/C22H19N3O3S/c1-25-12-16(15-10-6-7-11-18(15)25)19(21-23-17(13-29-21)22(27)28-2)24-20(26)14-8-4-3-5-9-14/h3-13,19H,1-2H3,(H,24,26). The number of fused-ring (bicyclic) bond motifs is 1. The van der Waals surface area contributed by atoms with Crippen LogP contribution in [0.15, 0.2) is 66.2 Å². The minimum Gasteiger partial charge on any atom is -0.464 e. The third-order valence-electron chi connectivity index (χ3n) is 4.71. The molecule has 2 aromatic carbocycles. The monoisotopic (exact) mass is 405 g/mol. The zero-order valence-electron chi connectivity index (χ0n) is 16.0. The normalized spacial score (nSPS) is 11.9. The van der Waals surface area contributed by atoms with Gasteiger partial charge in [0.05, 0.1) is 7.11 Å². The number of carbonyl (C=O) groups is 2. The second-order valence-corrected chi connectivity index (χ2v) is 7.44. The van der Waals surface area contributed by atoms with Crippen LogP contribution in [0.3, 0.4) is 0 Å². The molecule has 0 fully saturated rings. The second kappa shape index (κ2) is 7.89. The number of hydrogen-bond donors (Lipinski definition) is 1. The number of esters is 1. The van der Waals surface area contributed by atoms with Gasteiger partial charge in [0, 0.05) is 40.7 Å². The summed E-state index contributed by atoms with van der Waals surface area (Å²) in [6.45, 7) is 0. The molecule has 2 heterocycles. The summed E-state index contributed by atoms with van der Waals surface area (Å²) >= 11 is 1.32. The Morgan fingerprint density at radius 3 is 2.59 bits per heavy atom. The van der Waals surface area contributed by atoms with Crippen molar-refractivity contribution in [2.24, 2.45) is 7.05 Å². The molecule has 4 aromatic rings. The number of nitrogens with one attached hydrogen (secondary N) is 1. The van der Waals surface area contributed by atoms with Crippen LogP contribution in [-0.2, 0) is 11.8 Å². The Morgan fingerprint density at radius 2 is 1.83 bits per heavy atom. The lowest BCUT2D eigenvalue weighted by atomic mass is 10.1. The summed E-state index contributed by atoms with van der Waals surface area (Å²) in [6, 6.07) is 16.5. The average Bonchev–Trinajstić information content (AvgIpc) is 3.38. The fourth-order valence-electron chi connectivity index (χ4n) is 3.30. The van der Waals surface area contributed by atoms with E-state index in [2.05, 4.69) is 10.3 Å². The molecule has 1 N–H and O–H groups in total. The summed E-state index contributed by atoms with van der Waals surface area (Å²) in [5.41, 5.74) is 2.75. The first kappa shape index (κ1) is 18.9. The quantitative estimate of drug-likeness (QED) is 0.511. The number of carbonyl (C=O) groups excluding carboxylic acids is 2. The molecule has 0 radical (unpaired) electrons. The lowest BCUT2D eigenvalue weighted by Gasteiger charge is -2.16. The molecule has 146 valence electrons. The number of rotatable bonds is 5. The highest BCUT2D eigenvalue weighted by atomic mass is 32.1. The molecule has 29 heavy (non-hydrogen) atoms. The van der Waals surface area contributed by atoms with E-state index < -0.39 is 12.0 Å². The zero-order chi connectivity index (χ0) is 20.4. The molecule has 0 saturated carbocycles. The molecule has 1 atom stereocenters. The number of benzene rings is 2. The second-order valence-electron chi connectivity index (χ2n) is 6.55. The van der Waals surface area contributed by atoms with Crippen molar-refractivity contribution in [2.45, 2.75) is 6.04 Å². The van der Waals surface area contributed by atoms with Gasteiger partial charge in [0.15, 0.2) is 5.69 Å². The summed E-state index contributed by atoms with van der Waals surface area (Å²) in [6.07, 6.45) is 1.99. The predicted octanol–water partition coefficient (Wildman–Crippen LogP) is 3.94. The average molecular weight is 405 g/mol. The first-order valence-electron chi connectivity index (χ1n) is 9.02. The van der Waals surface area contributed by atoms with Gasteiger partial charge in [0.25, 0.3) is 5.91 Å². The van der Waals surface area contributed by atoms with Crippen molar-refractivity contribution < 1.29 is 14.3 Å². The van der Waals surface area contributed by atoms with Crippen molar-refractivity contribution in [1.29, 1.82) is 0 Å². The topological polar surface area (TPSA) is 73.2 Å². The van der Waals surface area contributed by atoms with E-state index in [0.29, 0.717) is 10.6 Å². The van der Waals surface area contributed by atoms with Gasteiger partial charge in [-0.25, -0.2) is 9.78 Å². The molecule has 0 bridgehead atoms. The minimum absolute atomic E-state index is 0.210. The van der Waals surface area contributed by atoms with Gasteiger partial charge >= 0.3 is 5.97 Å². The maximum atomic E-state index is 12.9. The Labute approximate surface area is 171 Å². The molecule has 6 nitrogen and oxygen atoms in total. The highest BCUT2D eigenvalue weighted by molar-refractivity contribution is 7.10. The summed E-state index contributed by atoms with van der Waals surface area (Å²) in [5, 5.41) is 6.37. The number of hydrogen-bond acceptors (Lipinski definition) is 5. The van der Waals surface area contributed by atoms with Crippen LogP contribution in [0.5, 0.6) is 0 Å². The smallest absolute Gasteiger partial charge is 0.357 e. The lowest BCUT2D eigenvalue weighted by molar-refractivity contribution is 0.0594. The molecule has 4 rings (SSSR count). The molecule has 0 saturated heterocycles. The number of ether oxygens (including phenoxy) is 1. The van der Waals surface area contributed by atoms with E-state index in [1.807, 2.05) is 60.3 Å². The Morgan fingerprint density at radius 1 is 1.10 bits per heavy atom. The van der Waals surface area contributed by atoms with E-state index in [4.69, 9.17) is 4.74 Å². The van der Waals surface area contributed by atoms with Gasteiger partial charge in [-0.1, -0.05) is 36.4 Å². The molecule has 1 amide bonds. The molecule has 7 heteroatoms. The van der Waals surface area contributed by atoms with E-state index in [1.54, 1.807) is 17.5 Å². The van der Waals surface area contributed by atoms with Crippen molar-refractivity contribution in [2.75, 3.05) is 7.11 Å². The Kier molecular flexibility index (Phi) is 5.14. The van der Waals surface area contributed by atoms with Crippen molar-refractivity contribution in [3.63, 3.8) is 0 Å². The SMILES string of the molecule is COC(=O)c1csc(C(NC(=O)c2ccccc2)c2cn(C)c3ccccc23)n1. The van der Waals surface area contributed by atoms with Crippen molar-refractivity contribution >= 4 is 34.1 Å². The fourth-order valence-corrected chi connectivity index (χ4v) is 4.15. The van der Waals surface area contributed by atoms with Gasteiger partial charge < -0.3 is 14.6 Å². The highest BCUT2D eigenvalue weighted by Gasteiger charge is 2.25. The maximum Gasteiger partial charge on any atom is 0.357 e. The third-order valence-corrected chi connectivity index (χ3v) is 5.62. The van der Waals surface area contributed by atoms with Crippen LogP contribution in [0.1, 0.15) is 37.5 Å². The fraction of sp³-hybridized carbons (Fsp3) is 0.136. The molecule has 2 aromatic heterocycles. The van der Waals surface area contributed by atoms with Gasteiger partial charge in [-0.15, -0.1) is 11.3 Å². The summed E-state index contributed by atoms with van der Waals surface area (Å²) < 4.78 is 6.79. The van der Waals surface area contributed by atoms with Gasteiger partial charge in [0.1, 0.15) is 11.0 Å². The third kappa shape index (κ3) is 3.64. The van der Waals surface area contributed by atoms with Gasteiger partial charge in [0.2, 0.25) is 0 Å². The van der Waals surface area contributed by atoms with Crippen LogP contribution in [0.2, 0.25) is 0 Å². The van der Waals surface area contributed by atoms with E-state index >= 15 is 0 Å². The van der Waals surface area contributed by atoms with Crippen LogP contribution in [0.4, 0.5) is 0 Å². The molecule has 1 unspecified atom stereocenters. The van der Waals surface area contributed by atoms with E-state index in [9.17, 15) is 9.59 Å². The van der Waals surface area contributed by atoms with E-state index in [-0.39, 0.29) is 11.6 Å². The summed E-state index contributed by atoms with van der Waals surface area (Å²) in [7, 11) is 3.28. The number of thiazole rings is 1. The number of methoxy groups -OCH3 is 1. The van der Waals surface area contributed by atoms with Crippen LogP contribution in [0, 0.1) is 0 Å². The minimum atomic E-state index is -0.503. The van der Waals surface area contributed by atoms with E-state index in [1.165, 1.54) is 18.4 Å². The number of amides is 1. The van der Waals surface area contributed by atoms with Gasteiger partial charge in [-0.05, 0) is 18.2 Å². The Hall–Kier alpha value is -3.45. The highest BCUT2D eigenvalue weighted by Crippen LogP contribution is 2.32.